The summed E-state index contributed by atoms with van der Waals surface area (Å²) in [4.78, 5) is 0. The van der Waals surface area contributed by atoms with Gasteiger partial charge in [0.05, 0.1) is 0 Å². The van der Waals surface area contributed by atoms with E-state index < -0.39 is 0 Å². The van der Waals surface area contributed by atoms with E-state index in [1.807, 2.05) is 12.2 Å². The number of rotatable bonds is 1. The Morgan fingerprint density at radius 2 is 1.75 bits per heavy atom. The van der Waals surface area contributed by atoms with Crippen LogP contribution in [-0.4, -0.2) is 2.14 Å². The molecule has 0 nitrogen and oxygen atoms in total. The molecule has 0 saturated carbocycles. The molecule has 8 heavy (non-hydrogen) atoms. The van der Waals surface area contributed by atoms with E-state index in [1.54, 1.807) is 6.08 Å². The van der Waals surface area contributed by atoms with Gasteiger partial charge < -0.3 is 0 Å². The Morgan fingerprint density at radius 3 is 1.88 bits per heavy atom. The van der Waals surface area contributed by atoms with E-state index in [4.69, 9.17) is 0 Å². The van der Waals surface area contributed by atoms with Gasteiger partial charge in [0, 0.05) is 0 Å². The van der Waals surface area contributed by atoms with Gasteiger partial charge >= 0.3 is 0 Å². The first-order valence-corrected chi connectivity index (χ1v) is 4.31. The van der Waals surface area contributed by atoms with Crippen LogP contribution in [0.5, 0.6) is 0 Å². The van der Waals surface area contributed by atoms with E-state index in [1.165, 1.54) is 0 Å². The fourth-order valence-corrected chi connectivity index (χ4v) is 0.635. The van der Waals surface area contributed by atoms with Gasteiger partial charge in [-0.1, -0.05) is 66.5 Å². The predicted octanol–water partition coefficient (Wildman–Crippen LogP) is 3.57. The molecule has 0 aromatic carbocycles. The van der Waals surface area contributed by atoms with Gasteiger partial charge in [0.2, 0.25) is 0 Å². The van der Waals surface area contributed by atoms with Crippen LogP contribution < -0.4 is 0 Å². The molecule has 0 heterocycles. The molecule has 0 spiro atoms. The maximum absolute atomic E-state index is 3.51. The molecule has 46 valence electrons. The number of alkyl halides is 3. The SMILES string of the molecule is C=CC=CC(Br)(Br)Br. The van der Waals surface area contributed by atoms with Crippen LogP contribution in [0.2, 0.25) is 0 Å². The quantitative estimate of drug-likeness (QED) is 0.513. The lowest BCUT2D eigenvalue weighted by Crippen LogP contribution is -1.89. The van der Waals surface area contributed by atoms with E-state index in [2.05, 4.69) is 54.4 Å². The van der Waals surface area contributed by atoms with Crippen molar-refractivity contribution >= 4 is 47.8 Å². The summed E-state index contributed by atoms with van der Waals surface area (Å²) in [6.45, 7) is 3.51. The summed E-state index contributed by atoms with van der Waals surface area (Å²) in [5.74, 6) is 0. The van der Waals surface area contributed by atoms with Crippen LogP contribution in [0.3, 0.4) is 0 Å². The van der Waals surface area contributed by atoms with Crippen molar-refractivity contribution in [2.45, 2.75) is 2.14 Å². The second-order valence-electron chi connectivity index (χ2n) is 1.14. The molecule has 0 aromatic heterocycles. The number of halogens is 3. The van der Waals surface area contributed by atoms with Crippen LogP contribution in [0.4, 0.5) is 0 Å². The Morgan fingerprint density at radius 1 is 1.25 bits per heavy atom. The van der Waals surface area contributed by atoms with E-state index in [0.29, 0.717) is 0 Å². The highest BCUT2D eigenvalue weighted by atomic mass is 80.0. The molecule has 0 saturated heterocycles. The zero-order chi connectivity index (χ0) is 6.62. The van der Waals surface area contributed by atoms with Crippen molar-refractivity contribution in [3.63, 3.8) is 0 Å². The van der Waals surface area contributed by atoms with Crippen molar-refractivity contribution in [3.8, 4) is 0 Å². The minimum Gasteiger partial charge on any atom is -0.0991 e. The first-order chi connectivity index (χ1) is 3.56. The minimum atomic E-state index is -0.263. The summed E-state index contributed by atoms with van der Waals surface area (Å²) in [7, 11) is 0. The Kier molecular flexibility index (Phi) is 4.30. The third kappa shape index (κ3) is 6.92. The second-order valence-corrected chi connectivity index (χ2v) is 8.08. The van der Waals surface area contributed by atoms with Crippen LogP contribution in [0.25, 0.3) is 0 Å². The number of hydrogen-bond donors (Lipinski definition) is 0. The largest absolute Gasteiger partial charge is 0.153 e. The van der Waals surface area contributed by atoms with Crippen molar-refractivity contribution in [1.29, 1.82) is 0 Å². The highest BCUT2D eigenvalue weighted by molar-refractivity contribution is 9.39. The van der Waals surface area contributed by atoms with Gasteiger partial charge in [-0.15, -0.1) is 0 Å². The lowest BCUT2D eigenvalue weighted by atomic mass is 10.5. The Balaban J connectivity index is 3.69. The summed E-state index contributed by atoms with van der Waals surface area (Å²) in [6.07, 6.45) is 5.41. The lowest BCUT2D eigenvalue weighted by molar-refractivity contribution is 1.64. The Bertz CT molecular complexity index is 98.7. The van der Waals surface area contributed by atoms with Crippen molar-refractivity contribution in [2.24, 2.45) is 0 Å². The molecule has 0 bridgehead atoms. The van der Waals surface area contributed by atoms with Gasteiger partial charge in [0.15, 0.2) is 2.14 Å². The third-order valence-electron chi connectivity index (χ3n) is 0.421. The first-order valence-electron chi connectivity index (χ1n) is 1.93. The maximum atomic E-state index is 3.51. The van der Waals surface area contributed by atoms with Gasteiger partial charge in [0.1, 0.15) is 0 Å². The fourth-order valence-electron chi connectivity index (χ4n) is 0.177. The van der Waals surface area contributed by atoms with Crippen LogP contribution in [0, 0.1) is 0 Å². The smallest absolute Gasteiger partial charge is 0.0991 e. The lowest BCUT2D eigenvalue weighted by Gasteiger charge is -2.01. The van der Waals surface area contributed by atoms with Gasteiger partial charge in [-0.2, -0.15) is 0 Å². The number of allylic oxidation sites excluding steroid dienone is 3. The van der Waals surface area contributed by atoms with Crippen LogP contribution in [0.1, 0.15) is 0 Å². The zero-order valence-electron chi connectivity index (χ0n) is 4.07. The monoisotopic (exact) mass is 302 g/mol. The summed E-state index contributed by atoms with van der Waals surface area (Å²) in [6, 6.07) is 0. The predicted molar refractivity (Wildman–Crippen MR) is 48.8 cm³/mol. The Hall–Kier alpha value is 0.920. The molecular formula is C5H5Br3. The van der Waals surface area contributed by atoms with E-state index in [-0.39, 0.29) is 2.14 Å². The van der Waals surface area contributed by atoms with E-state index in [0.717, 1.165) is 0 Å². The third-order valence-corrected chi connectivity index (χ3v) is 1.21. The van der Waals surface area contributed by atoms with Gasteiger partial charge in [-0.3, -0.25) is 0 Å². The fraction of sp³-hybridized carbons (Fsp3) is 0.200. The van der Waals surface area contributed by atoms with Crippen molar-refractivity contribution < 1.29 is 0 Å². The highest BCUT2D eigenvalue weighted by Crippen LogP contribution is 2.34. The van der Waals surface area contributed by atoms with Crippen molar-refractivity contribution in [2.75, 3.05) is 0 Å². The molecule has 0 rings (SSSR count). The maximum Gasteiger partial charge on any atom is 0.153 e. The topological polar surface area (TPSA) is 0 Å². The average Bonchev–Trinajstić information content (AvgIpc) is 1.59. The Labute approximate surface area is 74.4 Å². The molecular weight excluding hydrogens is 300 g/mol. The molecule has 0 atom stereocenters. The molecule has 0 fully saturated rings. The summed E-state index contributed by atoms with van der Waals surface area (Å²) >= 11 is 9.83. The molecule has 0 aromatic rings. The zero-order valence-corrected chi connectivity index (χ0v) is 8.83. The van der Waals surface area contributed by atoms with Gasteiger partial charge in [0.25, 0.3) is 0 Å². The van der Waals surface area contributed by atoms with E-state index >= 15 is 0 Å². The standard InChI is InChI=1S/C5H5Br3/c1-2-3-4-5(6,7)8/h2-4H,1H2. The molecule has 0 aliphatic carbocycles. The normalized spacial score (nSPS) is 12.4. The minimum absolute atomic E-state index is 0.263. The molecule has 0 aliphatic heterocycles. The molecule has 0 amide bonds. The highest BCUT2D eigenvalue weighted by Gasteiger charge is 2.10. The second kappa shape index (κ2) is 3.85. The van der Waals surface area contributed by atoms with E-state index in [9.17, 15) is 0 Å². The van der Waals surface area contributed by atoms with Gasteiger partial charge in [-0.05, 0) is 6.08 Å². The molecule has 0 unspecified atom stereocenters. The summed E-state index contributed by atoms with van der Waals surface area (Å²) < 4.78 is -0.263. The summed E-state index contributed by atoms with van der Waals surface area (Å²) in [5.41, 5.74) is 0. The summed E-state index contributed by atoms with van der Waals surface area (Å²) in [5, 5.41) is 0. The molecule has 3 heteroatoms. The molecule has 0 radical (unpaired) electrons. The number of hydrogen-bond acceptors (Lipinski definition) is 0. The van der Waals surface area contributed by atoms with Gasteiger partial charge in [-0.25, -0.2) is 0 Å². The van der Waals surface area contributed by atoms with Crippen molar-refractivity contribution in [1.82, 2.24) is 0 Å². The van der Waals surface area contributed by atoms with Crippen LogP contribution in [-0.2, 0) is 0 Å². The molecule has 0 aliphatic rings. The van der Waals surface area contributed by atoms with Crippen LogP contribution in [0.15, 0.2) is 24.8 Å². The average molecular weight is 305 g/mol. The van der Waals surface area contributed by atoms with Crippen LogP contribution >= 0.6 is 47.8 Å². The van der Waals surface area contributed by atoms with Crippen molar-refractivity contribution in [3.05, 3.63) is 24.8 Å². The first kappa shape index (κ1) is 8.92. The molecule has 0 N–H and O–H groups in total.